The van der Waals surface area contributed by atoms with E-state index >= 15 is 0 Å². The lowest BCUT2D eigenvalue weighted by Gasteiger charge is -2.19. The van der Waals surface area contributed by atoms with Crippen molar-refractivity contribution in [2.24, 2.45) is 0 Å². The smallest absolute Gasteiger partial charge is 0.326 e. The summed E-state index contributed by atoms with van der Waals surface area (Å²) in [5.41, 5.74) is 3.49. The van der Waals surface area contributed by atoms with Crippen molar-refractivity contribution < 1.29 is 9.90 Å². The maximum absolute atomic E-state index is 11.9. The number of carboxylic acid groups (broad SMARTS) is 1. The number of aromatic nitrogens is 1. The van der Waals surface area contributed by atoms with Gasteiger partial charge in [-0.25, -0.2) is 9.78 Å². The first-order valence-electron chi connectivity index (χ1n) is 8.53. The summed E-state index contributed by atoms with van der Waals surface area (Å²) < 4.78 is 0. The van der Waals surface area contributed by atoms with Crippen molar-refractivity contribution in [2.45, 2.75) is 12.5 Å². The lowest BCUT2D eigenvalue weighted by molar-refractivity contribution is -0.137. The Hall–Kier alpha value is -3.40. The van der Waals surface area contributed by atoms with Crippen LogP contribution >= 0.6 is 0 Å². The van der Waals surface area contributed by atoms with Crippen molar-refractivity contribution in [2.75, 3.05) is 5.32 Å². The van der Waals surface area contributed by atoms with Crippen LogP contribution in [-0.4, -0.2) is 22.1 Å². The monoisotopic (exact) mass is 342 g/mol. The van der Waals surface area contributed by atoms with E-state index in [1.807, 2.05) is 78.9 Å². The van der Waals surface area contributed by atoms with Crippen LogP contribution in [-0.2, 0) is 11.2 Å². The number of hydrogen-bond donors (Lipinski definition) is 2. The van der Waals surface area contributed by atoms with Crippen LogP contribution in [0.25, 0.3) is 21.8 Å². The summed E-state index contributed by atoms with van der Waals surface area (Å²) in [6.07, 6.45) is 0.404. The summed E-state index contributed by atoms with van der Waals surface area (Å²) >= 11 is 0. The molecule has 0 fully saturated rings. The van der Waals surface area contributed by atoms with Crippen molar-refractivity contribution in [3.63, 3.8) is 0 Å². The molecule has 0 amide bonds. The number of rotatable bonds is 5. The van der Waals surface area contributed by atoms with Crippen molar-refractivity contribution >= 4 is 33.5 Å². The zero-order chi connectivity index (χ0) is 17.9. The van der Waals surface area contributed by atoms with E-state index in [-0.39, 0.29) is 0 Å². The van der Waals surface area contributed by atoms with Crippen LogP contribution in [0, 0.1) is 0 Å². The predicted octanol–water partition coefficient (Wildman–Crippen LogP) is 4.50. The van der Waals surface area contributed by atoms with Gasteiger partial charge in [-0.2, -0.15) is 0 Å². The Morgan fingerprint density at radius 3 is 1.96 bits per heavy atom. The first kappa shape index (κ1) is 16.1. The fraction of sp³-hybridized carbons (Fsp3) is 0.0909. The van der Waals surface area contributed by atoms with E-state index in [0.29, 0.717) is 6.42 Å². The summed E-state index contributed by atoms with van der Waals surface area (Å²) in [5, 5.41) is 14.9. The molecule has 0 radical (unpaired) electrons. The van der Waals surface area contributed by atoms with Crippen LogP contribution in [0.15, 0.2) is 78.9 Å². The average molecular weight is 342 g/mol. The molecule has 0 saturated carbocycles. The van der Waals surface area contributed by atoms with Gasteiger partial charge in [0.2, 0.25) is 0 Å². The SMILES string of the molecule is O=C(O)C(Cc1ccccc1)Nc1c2ccccc2nc2ccccc12. The molecule has 0 saturated heterocycles. The summed E-state index contributed by atoms with van der Waals surface area (Å²) in [6, 6.07) is 24.5. The van der Waals surface area contributed by atoms with Crippen molar-refractivity contribution in [3.8, 4) is 0 Å². The van der Waals surface area contributed by atoms with Crippen LogP contribution in [0.3, 0.4) is 0 Å². The van der Waals surface area contributed by atoms with Crippen LogP contribution in [0.4, 0.5) is 5.69 Å². The molecule has 4 nitrogen and oxygen atoms in total. The lowest BCUT2D eigenvalue weighted by Crippen LogP contribution is -2.31. The highest BCUT2D eigenvalue weighted by Gasteiger charge is 2.20. The third-order valence-corrected chi connectivity index (χ3v) is 4.49. The van der Waals surface area contributed by atoms with Gasteiger partial charge in [0.15, 0.2) is 0 Å². The van der Waals surface area contributed by atoms with Crippen LogP contribution in [0.5, 0.6) is 0 Å². The van der Waals surface area contributed by atoms with Gasteiger partial charge in [-0.3, -0.25) is 0 Å². The molecule has 4 heteroatoms. The van der Waals surface area contributed by atoms with Crippen molar-refractivity contribution in [1.82, 2.24) is 4.98 Å². The summed E-state index contributed by atoms with van der Waals surface area (Å²) in [7, 11) is 0. The Morgan fingerprint density at radius 2 is 1.38 bits per heavy atom. The topological polar surface area (TPSA) is 62.2 Å². The highest BCUT2D eigenvalue weighted by molar-refractivity contribution is 6.08. The highest BCUT2D eigenvalue weighted by Crippen LogP contribution is 2.31. The number of nitrogens with one attached hydrogen (secondary N) is 1. The number of carboxylic acids is 1. The van der Waals surface area contributed by atoms with E-state index in [2.05, 4.69) is 10.3 Å². The number of benzene rings is 3. The van der Waals surface area contributed by atoms with E-state index in [1.54, 1.807) is 0 Å². The van der Waals surface area contributed by atoms with Crippen LogP contribution in [0.1, 0.15) is 5.56 Å². The second-order valence-corrected chi connectivity index (χ2v) is 6.25. The van der Waals surface area contributed by atoms with Gasteiger partial charge in [0.1, 0.15) is 6.04 Å². The first-order chi connectivity index (χ1) is 12.7. The van der Waals surface area contributed by atoms with Gasteiger partial charge >= 0.3 is 5.97 Å². The molecule has 1 atom stereocenters. The van der Waals surface area contributed by atoms with Crippen molar-refractivity contribution in [3.05, 3.63) is 84.4 Å². The Bertz CT molecular complexity index is 1020. The molecule has 0 aliphatic carbocycles. The number of pyridine rings is 1. The fourth-order valence-electron chi connectivity index (χ4n) is 3.22. The fourth-order valence-corrected chi connectivity index (χ4v) is 3.22. The molecule has 0 spiro atoms. The normalized spacial score (nSPS) is 12.2. The Balaban J connectivity index is 1.81. The van der Waals surface area contributed by atoms with Gasteiger partial charge in [0, 0.05) is 17.2 Å². The van der Waals surface area contributed by atoms with Gasteiger partial charge in [-0.05, 0) is 17.7 Å². The number of fused-ring (bicyclic) bond motifs is 2. The Kier molecular flexibility index (Phi) is 4.23. The number of hydrogen-bond acceptors (Lipinski definition) is 3. The van der Waals surface area contributed by atoms with Crippen LogP contribution in [0.2, 0.25) is 0 Å². The van der Waals surface area contributed by atoms with E-state index in [0.717, 1.165) is 33.1 Å². The number of aliphatic carboxylic acids is 1. The standard InChI is InChI=1S/C22H18N2O2/c25-22(26)20(14-15-8-2-1-3-9-15)24-21-16-10-4-6-12-18(16)23-19-13-7-5-11-17(19)21/h1-13,20H,14H2,(H,23,24)(H,25,26). The molecule has 26 heavy (non-hydrogen) atoms. The average Bonchev–Trinajstić information content (AvgIpc) is 2.67. The van der Waals surface area contributed by atoms with E-state index in [4.69, 9.17) is 0 Å². The molecule has 4 rings (SSSR count). The van der Waals surface area contributed by atoms with Crippen LogP contribution < -0.4 is 5.32 Å². The maximum Gasteiger partial charge on any atom is 0.326 e. The van der Waals surface area contributed by atoms with Gasteiger partial charge in [-0.15, -0.1) is 0 Å². The third-order valence-electron chi connectivity index (χ3n) is 4.49. The molecule has 2 N–H and O–H groups in total. The summed E-state index contributed by atoms with van der Waals surface area (Å²) in [5.74, 6) is -0.876. The third kappa shape index (κ3) is 3.09. The molecule has 1 heterocycles. The minimum absolute atomic E-state index is 0.404. The number of carbonyl (C=O) groups is 1. The summed E-state index contributed by atoms with van der Waals surface area (Å²) in [4.78, 5) is 16.6. The predicted molar refractivity (Wildman–Crippen MR) is 104 cm³/mol. The zero-order valence-corrected chi connectivity index (χ0v) is 14.1. The number of nitrogens with zero attached hydrogens (tertiary/aromatic N) is 1. The molecule has 1 aromatic heterocycles. The van der Waals surface area contributed by atoms with Gasteiger partial charge in [0.25, 0.3) is 0 Å². The quantitative estimate of drug-likeness (QED) is 0.524. The van der Waals surface area contributed by atoms with Gasteiger partial charge < -0.3 is 10.4 Å². The second-order valence-electron chi connectivity index (χ2n) is 6.25. The molecule has 0 bridgehead atoms. The first-order valence-corrected chi connectivity index (χ1v) is 8.53. The maximum atomic E-state index is 11.9. The Morgan fingerprint density at radius 1 is 0.846 bits per heavy atom. The molecular formula is C22H18N2O2. The largest absolute Gasteiger partial charge is 0.480 e. The minimum Gasteiger partial charge on any atom is -0.480 e. The van der Waals surface area contributed by atoms with Gasteiger partial charge in [-0.1, -0.05) is 66.7 Å². The summed E-state index contributed by atoms with van der Waals surface area (Å²) in [6.45, 7) is 0. The number of para-hydroxylation sites is 2. The highest BCUT2D eigenvalue weighted by atomic mass is 16.4. The molecule has 4 aromatic rings. The Labute approximate surface area is 151 Å². The lowest BCUT2D eigenvalue weighted by atomic mass is 10.0. The molecule has 0 aliphatic heterocycles. The molecule has 1 unspecified atom stereocenters. The van der Waals surface area contributed by atoms with Crippen molar-refractivity contribution in [1.29, 1.82) is 0 Å². The number of anilines is 1. The molecule has 3 aromatic carbocycles. The second kappa shape index (κ2) is 6.84. The van der Waals surface area contributed by atoms with E-state index < -0.39 is 12.0 Å². The molecule has 128 valence electrons. The van der Waals surface area contributed by atoms with Gasteiger partial charge in [0.05, 0.1) is 16.7 Å². The van der Waals surface area contributed by atoms with E-state index in [9.17, 15) is 9.90 Å². The van der Waals surface area contributed by atoms with E-state index in [1.165, 1.54) is 0 Å². The zero-order valence-electron chi connectivity index (χ0n) is 14.1. The minimum atomic E-state index is -0.876. The molecule has 0 aliphatic rings. The molecular weight excluding hydrogens is 324 g/mol.